The first-order chi connectivity index (χ1) is 12.3. The lowest BCUT2D eigenvalue weighted by atomic mass is 9.96. The van der Waals surface area contributed by atoms with Crippen molar-refractivity contribution in [2.75, 3.05) is 29.9 Å². The van der Waals surface area contributed by atoms with Gasteiger partial charge >= 0.3 is 0 Å². The fourth-order valence-corrected chi connectivity index (χ4v) is 3.03. The molecule has 0 amide bonds. The fourth-order valence-electron chi connectivity index (χ4n) is 3.03. The van der Waals surface area contributed by atoms with Crippen LogP contribution in [-0.2, 0) is 5.41 Å². The van der Waals surface area contributed by atoms with E-state index in [0.29, 0.717) is 6.04 Å². The Kier molecular flexibility index (Phi) is 3.78. The van der Waals surface area contributed by atoms with E-state index in [-0.39, 0.29) is 5.41 Å². The number of likely N-dealkylation sites (N-methyl/N-ethyl adjacent to an activating group) is 1. The van der Waals surface area contributed by atoms with Crippen LogP contribution < -0.4 is 9.80 Å². The Hall–Kier alpha value is -2.77. The van der Waals surface area contributed by atoms with Gasteiger partial charge in [-0.2, -0.15) is 4.52 Å². The minimum Gasteiger partial charge on any atom is -0.351 e. The Morgan fingerprint density at radius 2 is 1.77 bits per heavy atom. The van der Waals surface area contributed by atoms with Crippen molar-refractivity contribution in [2.24, 2.45) is 0 Å². The zero-order valence-corrected chi connectivity index (χ0v) is 15.9. The summed E-state index contributed by atoms with van der Waals surface area (Å²) in [4.78, 5) is 13.2. The molecule has 1 aliphatic rings. The number of hydrogen-bond acceptors (Lipinski definition) is 7. The van der Waals surface area contributed by atoms with E-state index in [9.17, 15) is 0 Å². The quantitative estimate of drug-likeness (QED) is 0.712. The van der Waals surface area contributed by atoms with Crippen LogP contribution in [0.15, 0.2) is 24.5 Å². The molecule has 0 radical (unpaired) electrons. The van der Waals surface area contributed by atoms with Gasteiger partial charge in [-0.1, -0.05) is 20.8 Å². The number of aryl methyl sites for hydroxylation is 1. The molecule has 8 nitrogen and oxygen atoms in total. The van der Waals surface area contributed by atoms with Gasteiger partial charge in [0.25, 0.3) is 0 Å². The van der Waals surface area contributed by atoms with Gasteiger partial charge in [0.1, 0.15) is 5.82 Å². The number of fused-ring (bicyclic) bond motifs is 1. The second-order valence-corrected chi connectivity index (χ2v) is 7.97. The van der Waals surface area contributed by atoms with E-state index in [1.165, 1.54) is 0 Å². The molecule has 0 aromatic carbocycles. The maximum Gasteiger partial charge on any atom is 0.225 e. The largest absolute Gasteiger partial charge is 0.351 e. The average molecular weight is 352 g/mol. The Morgan fingerprint density at radius 1 is 1.08 bits per heavy atom. The van der Waals surface area contributed by atoms with E-state index in [4.69, 9.17) is 5.10 Å². The first-order valence-electron chi connectivity index (χ1n) is 8.82. The number of rotatable bonds is 3. The Labute approximate surface area is 152 Å². The van der Waals surface area contributed by atoms with Crippen molar-refractivity contribution in [1.29, 1.82) is 0 Å². The van der Waals surface area contributed by atoms with Crippen molar-refractivity contribution in [3.8, 4) is 0 Å². The van der Waals surface area contributed by atoms with E-state index in [1.54, 1.807) is 0 Å². The van der Waals surface area contributed by atoms with Crippen LogP contribution in [0, 0.1) is 6.92 Å². The first-order valence-corrected chi connectivity index (χ1v) is 8.82. The highest BCUT2D eigenvalue weighted by Crippen LogP contribution is 2.25. The molecule has 4 rings (SSSR count). The van der Waals surface area contributed by atoms with Crippen molar-refractivity contribution in [3.63, 3.8) is 0 Å². The van der Waals surface area contributed by atoms with E-state index in [2.05, 4.69) is 50.7 Å². The maximum absolute atomic E-state index is 4.77. The first kappa shape index (κ1) is 16.7. The maximum atomic E-state index is 4.77. The molecule has 26 heavy (non-hydrogen) atoms. The highest BCUT2D eigenvalue weighted by molar-refractivity contribution is 5.50. The number of anilines is 2. The highest BCUT2D eigenvalue weighted by Gasteiger charge is 2.33. The van der Waals surface area contributed by atoms with Gasteiger partial charge in [0.2, 0.25) is 5.95 Å². The molecule has 1 saturated heterocycles. The molecule has 1 fully saturated rings. The van der Waals surface area contributed by atoms with E-state index >= 15 is 0 Å². The minimum atomic E-state index is -0.106. The zero-order valence-electron chi connectivity index (χ0n) is 15.9. The molecule has 0 saturated carbocycles. The number of hydrogen-bond donors (Lipinski definition) is 0. The van der Waals surface area contributed by atoms with Gasteiger partial charge in [0.15, 0.2) is 11.5 Å². The average Bonchev–Trinajstić information content (AvgIpc) is 2.97. The molecular weight excluding hydrogens is 328 g/mol. The summed E-state index contributed by atoms with van der Waals surface area (Å²) < 4.78 is 1.86. The monoisotopic (exact) mass is 352 g/mol. The normalized spacial score (nSPS) is 15.3. The summed E-state index contributed by atoms with van der Waals surface area (Å²) in [5, 5.41) is 13.3. The summed E-state index contributed by atoms with van der Waals surface area (Å²) in [5.74, 6) is 2.58. The van der Waals surface area contributed by atoms with Crippen LogP contribution in [0.1, 0.15) is 32.2 Å². The topological polar surface area (TPSA) is 75.3 Å². The predicted octanol–water partition coefficient (Wildman–Crippen LogP) is 1.85. The Bertz CT molecular complexity index is 919. The summed E-state index contributed by atoms with van der Waals surface area (Å²) in [5.41, 5.74) is 1.74. The summed E-state index contributed by atoms with van der Waals surface area (Å²) in [7, 11) is 2.04. The summed E-state index contributed by atoms with van der Waals surface area (Å²) in [6, 6.07) is 4.36. The van der Waals surface area contributed by atoms with Crippen LogP contribution in [0.25, 0.3) is 5.65 Å². The molecule has 0 atom stereocenters. The molecule has 4 heterocycles. The van der Waals surface area contributed by atoms with Crippen LogP contribution in [0.4, 0.5) is 11.8 Å². The van der Waals surface area contributed by atoms with Gasteiger partial charge in [-0.15, -0.1) is 15.3 Å². The van der Waals surface area contributed by atoms with E-state index < -0.39 is 0 Å². The van der Waals surface area contributed by atoms with E-state index in [0.717, 1.165) is 41.9 Å². The number of nitrogens with zero attached hydrogens (tertiary/aromatic N) is 8. The van der Waals surface area contributed by atoms with Crippen molar-refractivity contribution < 1.29 is 0 Å². The molecule has 0 unspecified atom stereocenters. The van der Waals surface area contributed by atoms with Gasteiger partial charge in [0.05, 0.1) is 6.04 Å². The molecular formula is C18H24N8. The van der Waals surface area contributed by atoms with Crippen LogP contribution in [-0.4, -0.2) is 56.0 Å². The van der Waals surface area contributed by atoms with Gasteiger partial charge in [0, 0.05) is 37.9 Å². The molecule has 3 aromatic heterocycles. The molecule has 136 valence electrons. The molecule has 0 aliphatic carbocycles. The van der Waals surface area contributed by atoms with Gasteiger partial charge < -0.3 is 9.80 Å². The Balaban J connectivity index is 1.51. The molecule has 1 aliphatic heterocycles. The minimum absolute atomic E-state index is 0.106. The van der Waals surface area contributed by atoms with Crippen molar-refractivity contribution in [3.05, 3.63) is 35.9 Å². The molecule has 8 heteroatoms. The second kappa shape index (κ2) is 5.89. The van der Waals surface area contributed by atoms with E-state index in [1.807, 2.05) is 43.0 Å². The van der Waals surface area contributed by atoms with Crippen LogP contribution in [0.3, 0.4) is 0 Å². The lowest BCUT2D eigenvalue weighted by Gasteiger charge is -2.44. The fraction of sp³-hybridized carbons (Fsp3) is 0.500. The molecule has 0 spiro atoms. The zero-order chi connectivity index (χ0) is 18.5. The van der Waals surface area contributed by atoms with Crippen molar-refractivity contribution in [2.45, 2.75) is 39.2 Å². The SMILES string of the molecule is Cc1cnc(N(C)C2CN(c3ccc4nnc(C(C)(C)C)n4n3)C2)nc1. The Morgan fingerprint density at radius 3 is 2.42 bits per heavy atom. The molecule has 3 aromatic rings. The third kappa shape index (κ3) is 2.85. The van der Waals surface area contributed by atoms with Crippen LogP contribution in [0.5, 0.6) is 0 Å². The second-order valence-electron chi connectivity index (χ2n) is 7.97. The van der Waals surface area contributed by atoms with Gasteiger partial charge in [-0.05, 0) is 24.6 Å². The predicted molar refractivity (Wildman–Crippen MR) is 101 cm³/mol. The van der Waals surface area contributed by atoms with Gasteiger partial charge in [-0.25, -0.2) is 9.97 Å². The number of aromatic nitrogens is 6. The third-order valence-electron chi connectivity index (χ3n) is 4.74. The molecule has 0 N–H and O–H groups in total. The summed E-state index contributed by atoms with van der Waals surface area (Å²) in [6.45, 7) is 10.1. The summed E-state index contributed by atoms with van der Waals surface area (Å²) >= 11 is 0. The van der Waals surface area contributed by atoms with Crippen LogP contribution in [0.2, 0.25) is 0 Å². The standard InChI is InChI=1S/C18H24N8/c1-12-8-19-17(20-9-12)24(5)13-10-25(11-13)15-7-6-14-21-22-16(18(2,3)4)26(14)23-15/h6-9,13H,10-11H2,1-5H3. The van der Waals surface area contributed by atoms with Crippen molar-refractivity contribution in [1.82, 2.24) is 29.8 Å². The molecule has 0 bridgehead atoms. The lowest BCUT2D eigenvalue weighted by Crippen LogP contribution is -2.59. The van der Waals surface area contributed by atoms with Crippen molar-refractivity contribution >= 4 is 17.4 Å². The van der Waals surface area contributed by atoms with Gasteiger partial charge in [-0.3, -0.25) is 0 Å². The third-order valence-corrected chi connectivity index (χ3v) is 4.74. The van der Waals surface area contributed by atoms with Crippen LogP contribution >= 0.6 is 0 Å². The highest BCUT2D eigenvalue weighted by atomic mass is 15.4. The summed E-state index contributed by atoms with van der Waals surface area (Å²) in [6.07, 6.45) is 3.70. The lowest BCUT2D eigenvalue weighted by molar-refractivity contribution is 0.480. The smallest absolute Gasteiger partial charge is 0.225 e.